The molecule has 0 bridgehead atoms. The van der Waals surface area contributed by atoms with E-state index in [9.17, 15) is 9.59 Å². The fourth-order valence-electron chi connectivity index (χ4n) is 1.71. The lowest BCUT2D eigenvalue weighted by Gasteiger charge is -2.08. The van der Waals surface area contributed by atoms with Crippen molar-refractivity contribution in [1.82, 2.24) is 0 Å². The zero-order valence-corrected chi connectivity index (χ0v) is 13.3. The van der Waals surface area contributed by atoms with Crippen LogP contribution in [-0.2, 0) is 4.79 Å². The lowest BCUT2D eigenvalue weighted by atomic mass is 10.2. The van der Waals surface area contributed by atoms with Crippen LogP contribution < -0.4 is 15.8 Å². The second-order valence-electron chi connectivity index (χ2n) is 4.55. The molecule has 114 valence electrons. The smallest absolute Gasteiger partial charge is 0.255 e. The normalized spacial score (nSPS) is 10.0. The second-order valence-corrected chi connectivity index (χ2v) is 5.47. The number of benzene rings is 2. The van der Waals surface area contributed by atoms with Gasteiger partial charge in [0.15, 0.2) is 0 Å². The van der Waals surface area contributed by atoms with E-state index >= 15 is 0 Å². The maximum Gasteiger partial charge on any atom is 0.255 e. The molecule has 0 heterocycles. The molecule has 0 aliphatic heterocycles. The van der Waals surface area contributed by atoms with Crippen molar-refractivity contribution in [2.75, 3.05) is 11.9 Å². The summed E-state index contributed by atoms with van der Waals surface area (Å²) in [7, 11) is 0. The standard InChI is InChI=1S/C16H15BrN2O3/c17-12-3-1-11(2-4-12)16(21)19-13-5-7-14(8-6-13)22-10-9-15(18)20/h1-8H,9-10H2,(H2,18,20)(H,19,21). The number of carbonyl (C=O) groups excluding carboxylic acids is 2. The van der Waals surface area contributed by atoms with Crippen LogP contribution in [0.5, 0.6) is 5.75 Å². The topological polar surface area (TPSA) is 81.4 Å². The van der Waals surface area contributed by atoms with Gasteiger partial charge < -0.3 is 15.8 Å². The van der Waals surface area contributed by atoms with Gasteiger partial charge in [0, 0.05) is 15.7 Å². The number of anilines is 1. The van der Waals surface area contributed by atoms with E-state index in [1.807, 2.05) is 12.1 Å². The van der Waals surface area contributed by atoms with E-state index in [0.29, 0.717) is 17.0 Å². The Labute approximate surface area is 136 Å². The second kappa shape index (κ2) is 7.61. The fraction of sp³-hybridized carbons (Fsp3) is 0.125. The van der Waals surface area contributed by atoms with Crippen molar-refractivity contribution in [3.63, 3.8) is 0 Å². The van der Waals surface area contributed by atoms with Crippen LogP contribution >= 0.6 is 15.9 Å². The van der Waals surface area contributed by atoms with E-state index < -0.39 is 5.91 Å². The minimum absolute atomic E-state index is 0.169. The molecule has 5 nitrogen and oxygen atoms in total. The molecule has 0 aromatic heterocycles. The maximum absolute atomic E-state index is 12.0. The van der Waals surface area contributed by atoms with Crippen molar-refractivity contribution >= 4 is 33.4 Å². The van der Waals surface area contributed by atoms with Gasteiger partial charge in [-0.25, -0.2) is 0 Å². The fourth-order valence-corrected chi connectivity index (χ4v) is 1.97. The Hall–Kier alpha value is -2.34. The van der Waals surface area contributed by atoms with E-state index in [2.05, 4.69) is 21.2 Å². The SMILES string of the molecule is NC(=O)CCOc1ccc(NC(=O)c2ccc(Br)cc2)cc1. The average molecular weight is 363 g/mol. The molecule has 2 amide bonds. The highest BCUT2D eigenvalue weighted by atomic mass is 79.9. The predicted molar refractivity (Wildman–Crippen MR) is 87.8 cm³/mol. The summed E-state index contributed by atoms with van der Waals surface area (Å²) < 4.78 is 6.27. The summed E-state index contributed by atoms with van der Waals surface area (Å²) in [4.78, 5) is 22.7. The van der Waals surface area contributed by atoms with Crippen LogP contribution in [-0.4, -0.2) is 18.4 Å². The molecular formula is C16H15BrN2O3. The molecule has 22 heavy (non-hydrogen) atoms. The Balaban J connectivity index is 1.91. The average Bonchev–Trinajstić information content (AvgIpc) is 2.49. The summed E-state index contributed by atoms with van der Waals surface area (Å²) >= 11 is 3.32. The van der Waals surface area contributed by atoms with E-state index in [1.54, 1.807) is 36.4 Å². The van der Waals surface area contributed by atoms with Crippen LogP contribution in [0.25, 0.3) is 0 Å². The molecular weight excluding hydrogens is 348 g/mol. The Morgan fingerprint density at radius 1 is 1.05 bits per heavy atom. The number of hydrogen-bond donors (Lipinski definition) is 2. The molecule has 2 aromatic carbocycles. The minimum atomic E-state index is -0.404. The third kappa shape index (κ3) is 4.89. The number of amides is 2. The van der Waals surface area contributed by atoms with Crippen molar-refractivity contribution in [2.24, 2.45) is 5.73 Å². The van der Waals surface area contributed by atoms with Crippen molar-refractivity contribution in [1.29, 1.82) is 0 Å². The van der Waals surface area contributed by atoms with Crippen LogP contribution in [0.1, 0.15) is 16.8 Å². The molecule has 0 unspecified atom stereocenters. The highest BCUT2D eigenvalue weighted by molar-refractivity contribution is 9.10. The Kier molecular flexibility index (Phi) is 5.55. The number of primary amides is 1. The Bertz CT molecular complexity index is 654. The molecule has 3 N–H and O–H groups in total. The molecule has 0 saturated heterocycles. The van der Waals surface area contributed by atoms with Gasteiger partial charge in [-0.05, 0) is 48.5 Å². The zero-order chi connectivity index (χ0) is 15.9. The summed E-state index contributed by atoms with van der Waals surface area (Å²) in [6.07, 6.45) is 0.169. The van der Waals surface area contributed by atoms with Gasteiger partial charge in [0.1, 0.15) is 5.75 Å². The van der Waals surface area contributed by atoms with E-state index in [0.717, 1.165) is 4.47 Å². The lowest BCUT2D eigenvalue weighted by Crippen LogP contribution is -2.14. The molecule has 0 radical (unpaired) electrons. The minimum Gasteiger partial charge on any atom is -0.493 e. The number of ether oxygens (including phenoxy) is 1. The summed E-state index contributed by atoms with van der Waals surface area (Å²) in [6.45, 7) is 0.236. The van der Waals surface area contributed by atoms with Crippen LogP contribution in [0.3, 0.4) is 0 Å². The third-order valence-electron chi connectivity index (χ3n) is 2.84. The number of hydrogen-bond acceptors (Lipinski definition) is 3. The Morgan fingerprint density at radius 2 is 1.68 bits per heavy atom. The van der Waals surface area contributed by atoms with Crippen LogP contribution in [0.4, 0.5) is 5.69 Å². The zero-order valence-electron chi connectivity index (χ0n) is 11.7. The summed E-state index contributed by atoms with van der Waals surface area (Å²) in [6, 6.07) is 14.0. The Morgan fingerprint density at radius 3 is 2.27 bits per heavy atom. The highest BCUT2D eigenvalue weighted by Gasteiger charge is 2.06. The first-order chi connectivity index (χ1) is 10.5. The monoisotopic (exact) mass is 362 g/mol. The van der Waals surface area contributed by atoms with Crippen LogP contribution in [0.2, 0.25) is 0 Å². The summed E-state index contributed by atoms with van der Waals surface area (Å²) in [5.74, 6) is 0.0242. The van der Waals surface area contributed by atoms with Crippen LogP contribution in [0, 0.1) is 0 Å². The van der Waals surface area contributed by atoms with Crippen LogP contribution in [0.15, 0.2) is 53.0 Å². The maximum atomic E-state index is 12.0. The molecule has 6 heteroatoms. The van der Waals surface area contributed by atoms with Gasteiger partial charge in [-0.2, -0.15) is 0 Å². The van der Waals surface area contributed by atoms with E-state index in [4.69, 9.17) is 10.5 Å². The van der Waals surface area contributed by atoms with Gasteiger partial charge >= 0.3 is 0 Å². The molecule has 0 saturated carbocycles. The molecule has 2 aromatic rings. The highest BCUT2D eigenvalue weighted by Crippen LogP contribution is 2.17. The number of nitrogens with one attached hydrogen (secondary N) is 1. The third-order valence-corrected chi connectivity index (χ3v) is 3.36. The number of rotatable bonds is 6. The molecule has 0 spiro atoms. The predicted octanol–water partition coefficient (Wildman–Crippen LogP) is 2.96. The molecule has 0 atom stereocenters. The summed E-state index contributed by atoms with van der Waals surface area (Å²) in [5.41, 5.74) is 6.27. The first-order valence-electron chi connectivity index (χ1n) is 6.62. The number of halogens is 1. The lowest BCUT2D eigenvalue weighted by molar-refractivity contribution is -0.118. The summed E-state index contributed by atoms with van der Waals surface area (Å²) in [5, 5.41) is 2.80. The molecule has 0 aliphatic carbocycles. The van der Waals surface area contributed by atoms with E-state index in [1.165, 1.54) is 0 Å². The largest absolute Gasteiger partial charge is 0.493 e. The molecule has 2 rings (SSSR count). The number of nitrogens with two attached hydrogens (primary N) is 1. The molecule has 0 aliphatic rings. The van der Waals surface area contributed by atoms with Crippen molar-refractivity contribution in [2.45, 2.75) is 6.42 Å². The first-order valence-corrected chi connectivity index (χ1v) is 7.42. The quantitative estimate of drug-likeness (QED) is 0.828. The van der Waals surface area contributed by atoms with Gasteiger partial charge in [0.2, 0.25) is 5.91 Å². The molecule has 0 fully saturated rings. The number of carbonyl (C=O) groups is 2. The van der Waals surface area contributed by atoms with Crippen molar-refractivity contribution in [3.8, 4) is 5.75 Å². The van der Waals surface area contributed by atoms with E-state index in [-0.39, 0.29) is 18.9 Å². The van der Waals surface area contributed by atoms with Gasteiger partial charge in [0.05, 0.1) is 13.0 Å². The van der Waals surface area contributed by atoms with Gasteiger partial charge in [0.25, 0.3) is 5.91 Å². The van der Waals surface area contributed by atoms with Gasteiger partial charge in [-0.3, -0.25) is 9.59 Å². The first kappa shape index (κ1) is 16.0. The van der Waals surface area contributed by atoms with Crippen molar-refractivity contribution in [3.05, 3.63) is 58.6 Å². The van der Waals surface area contributed by atoms with Gasteiger partial charge in [-0.1, -0.05) is 15.9 Å². The van der Waals surface area contributed by atoms with Crippen molar-refractivity contribution < 1.29 is 14.3 Å². The van der Waals surface area contributed by atoms with Gasteiger partial charge in [-0.15, -0.1) is 0 Å².